The second kappa shape index (κ2) is 5.62. The molecule has 0 spiro atoms. The predicted octanol–water partition coefficient (Wildman–Crippen LogP) is 2.38. The molecule has 3 rings (SSSR count). The summed E-state index contributed by atoms with van der Waals surface area (Å²) < 4.78 is 7.05. The summed E-state index contributed by atoms with van der Waals surface area (Å²) in [5.74, 6) is 0.369. The number of anilines is 1. The number of carbonyl (C=O) groups excluding carboxylic acids is 1. The van der Waals surface area contributed by atoms with Gasteiger partial charge in [0.2, 0.25) is 0 Å². The van der Waals surface area contributed by atoms with E-state index >= 15 is 0 Å². The first-order valence-corrected chi connectivity index (χ1v) is 6.61. The van der Waals surface area contributed by atoms with Gasteiger partial charge in [-0.25, -0.2) is 9.50 Å². The standard InChI is InChI=1S/C15H14N4O2/c1-2-21-13-7-4-3-6-12(13)18-15(20)11-10-17-19-9-5-8-16-14(11)19/h3-10H,2H2,1H3,(H,18,20). The fraction of sp³-hybridized carbons (Fsp3) is 0.133. The van der Waals surface area contributed by atoms with Gasteiger partial charge in [0.1, 0.15) is 11.3 Å². The number of ether oxygens (including phenoxy) is 1. The van der Waals surface area contributed by atoms with Gasteiger partial charge in [0.25, 0.3) is 5.91 Å². The first kappa shape index (κ1) is 13.1. The van der Waals surface area contributed by atoms with Crippen LogP contribution in [0.1, 0.15) is 17.3 Å². The quantitative estimate of drug-likeness (QED) is 0.797. The van der Waals surface area contributed by atoms with Gasteiger partial charge in [-0.15, -0.1) is 0 Å². The number of hydrogen-bond donors (Lipinski definition) is 1. The average molecular weight is 282 g/mol. The van der Waals surface area contributed by atoms with Crippen LogP contribution in [0.3, 0.4) is 0 Å². The van der Waals surface area contributed by atoms with E-state index in [2.05, 4.69) is 15.4 Å². The molecule has 0 bridgehead atoms. The van der Waals surface area contributed by atoms with Gasteiger partial charge in [0, 0.05) is 12.4 Å². The maximum absolute atomic E-state index is 12.4. The SMILES string of the molecule is CCOc1ccccc1NC(=O)c1cnn2cccnc12. The van der Waals surface area contributed by atoms with E-state index < -0.39 is 0 Å². The lowest BCUT2D eigenvalue weighted by Gasteiger charge is -2.10. The van der Waals surface area contributed by atoms with Crippen LogP contribution in [0.15, 0.2) is 48.9 Å². The minimum atomic E-state index is -0.268. The smallest absolute Gasteiger partial charge is 0.261 e. The van der Waals surface area contributed by atoms with Crippen LogP contribution in [-0.4, -0.2) is 27.1 Å². The number of carbonyl (C=O) groups is 1. The third-order valence-electron chi connectivity index (χ3n) is 2.96. The molecule has 1 amide bonds. The van der Waals surface area contributed by atoms with E-state index in [4.69, 9.17) is 4.74 Å². The summed E-state index contributed by atoms with van der Waals surface area (Å²) in [7, 11) is 0. The Kier molecular flexibility index (Phi) is 3.51. The molecule has 1 N–H and O–H groups in total. The van der Waals surface area contributed by atoms with Crippen molar-refractivity contribution in [1.82, 2.24) is 14.6 Å². The van der Waals surface area contributed by atoms with Gasteiger partial charge in [0.05, 0.1) is 18.5 Å². The van der Waals surface area contributed by atoms with E-state index in [9.17, 15) is 4.79 Å². The topological polar surface area (TPSA) is 68.5 Å². The molecule has 1 aromatic carbocycles. The van der Waals surface area contributed by atoms with Crippen molar-refractivity contribution in [2.24, 2.45) is 0 Å². The summed E-state index contributed by atoms with van der Waals surface area (Å²) in [4.78, 5) is 16.6. The van der Waals surface area contributed by atoms with Crippen LogP contribution in [0.5, 0.6) is 5.75 Å². The van der Waals surface area contributed by atoms with Crippen molar-refractivity contribution in [3.63, 3.8) is 0 Å². The fourth-order valence-electron chi connectivity index (χ4n) is 2.03. The van der Waals surface area contributed by atoms with Crippen molar-refractivity contribution >= 4 is 17.2 Å². The highest BCUT2D eigenvalue weighted by Crippen LogP contribution is 2.24. The summed E-state index contributed by atoms with van der Waals surface area (Å²) in [5.41, 5.74) is 1.56. The van der Waals surface area contributed by atoms with Crippen molar-refractivity contribution in [2.45, 2.75) is 6.92 Å². The maximum atomic E-state index is 12.4. The number of fused-ring (bicyclic) bond motifs is 1. The number of benzene rings is 1. The Morgan fingerprint density at radius 1 is 1.33 bits per heavy atom. The largest absolute Gasteiger partial charge is 0.492 e. The molecule has 6 heteroatoms. The highest BCUT2D eigenvalue weighted by atomic mass is 16.5. The third-order valence-corrected chi connectivity index (χ3v) is 2.96. The molecule has 0 fully saturated rings. The molecular weight excluding hydrogens is 268 g/mol. The molecule has 21 heavy (non-hydrogen) atoms. The Bertz CT molecular complexity index is 782. The number of para-hydroxylation sites is 2. The van der Waals surface area contributed by atoms with Crippen LogP contribution in [0.2, 0.25) is 0 Å². The second-order valence-electron chi connectivity index (χ2n) is 4.33. The number of nitrogens with zero attached hydrogens (tertiary/aromatic N) is 3. The molecule has 0 radical (unpaired) electrons. The summed E-state index contributed by atoms with van der Waals surface area (Å²) in [5, 5.41) is 6.93. The molecule has 6 nitrogen and oxygen atoms in total. The van der Waals surface area contributed by atoms with Crippen LogP contribution < -0.4 is 10.1 Å². The van der Waals surface area contributed by atoms with Gasteiger partial charge in [-0.2, -0.15) is 5.10 Å². The van der Waals surface area contributed by atoms with Gasteiger partial charge >= 0.3 is 0 Å². The van der Waals surface area contributed by atoms with Crippen LogP contribution in [-0.2, 0) is 0 Å². The number of rotatable bonds is 4. The lowest BCUT2D eigenvalue weighted by molar-refractivity contribution is 0.102. The molecule has 2 heterocycles. The van der Waals surface area contributed by atoms with Gasteiger partial charge in [-0.3, -0.25) is 4.79 Å². The highest BCUT2D eigenvalue weighted by Gasteiger charge is 2.15. The summed E-state index contributed by atoms with van der Waals surface area (Å²) in [6.07, 6.45) is 4.87. The first-order chi connectivity index (χ1) is 10.3. The van der Waals surface area contributed by atoms with Gasteiger partial charge in [-0.05, 0) is 25.1 Å². The molecule has 3 aromatic rings. The van der Waals surface area contributed by atoms with E-state index in [0.717, 1.165) is 0 Å². The molecule has 2 aromatic heterocycles. The van der Waals surface area contributed by atoms with Crippen molar-refractivity contribution < 1.29 is 9.53 Å². The van der Waals surface area contributed by atoms with E-state index in [1.807, 2.05) is 25.1 Å². The summed E-state index contributed by atoms with van der Waals surface area (Å²) in [6, 6.07) is 9.06. The Morgan fingerprint density at radius 2 is 2.19 bits per heavy atom. The van der Waals surface area contributed by atoms with Crippen molar-refractivity contribution in [3.05, 3.63) is 54.5 Å². The van der Waals surface area contributed by atoms with Crippen LogP contribution in [0, 0.1) is 0 Å². The van der Waals surface area contributed by atoms with Crippen LogP contribution in [0.4, 0.5) is 5.69 Å². The Balaban J connectivity index is 1.90. The van der Waals surface area contributed by atoms with Crippen LogP contribution >= 0.6 is 0 Å². The molecule has 0 saturated carbocycles. The van der Waals surface area contributed by atoms with Crippen molar-refractivity contribution in [1.29, 1.82) is 0 Å². The minimum absolute atomic E-state index is 0.268. The molecular formula is C15H14N4O2. The van der Waals surface area contributed by atoms with Crippen molar-refractivity contribution in [3.8, 4) is 5.75 Å². The molecule has 0 unspecified atom stereocenters. The second-order valence-corrected chi connectivity index (χ2v) is 4.33. The maximum Gasteiger partial charge on any atom is 0.261 e. The van der Waals surface area contributed by atoms with Gasteiger partial charge in [-0.1, -0.05) is 12.1 Å². The average Bonchev–Trinajstić information content (AvgIpc) is 2.93. The van der Waals surface area contributed by atoms with E-state index in [-0.39, 0.29) is 5.91 Å². The first-order valence-electron chi connectivity index (χ1n) is 6.61. The number of hydrogen-bond acceptors (Lipinski definition) is 4. The third kappa shape index (κ3) is 2.55. The lowest BCUT2D eigenvalue weighted by atomic mass is 10.2. The molecule has 0 aliphatic carbocycles. The highest BCUT2D eigenvalue weighted by molar-refractivity contribution is 6.08. The number of aromatic nitrogens is 3. The number of nitrogens with one attached hydrogen (secondary N) is 1. The molecule has 0 atom stereocenters. The van der Waals surface area contributed by atoms with E-state index in [1.165, 1.54) is 6.20 Å². The van der Waals surface area contributed by atoms with Crippen LogP contribution in [0.25, 0.3) is 5.65 Å². The monoisotopic (exact) mass is 282 g/mol. The minimum Gasteiger partial charge on any atom is -0.492 e. The molecule has 106 valence electrons. The summed E-state index contributed by atoms with van der Waals surface area (Å²) >= 11 is 0. The van der Waals surface area contributed by atoms with Gasteiger partial charge in [0.15, 0.2) is 5.65 Å². The Labute approximate surface area is 121 Å². The number of amides is 1. The van der Waals surface area contributed by atoms with E-state index in [1.54, 1.807) is 29.0 Å². The van der Waals surface area contributed by atoms with E-state index in [0.29, 0.717) is 29.3 Å². The zero-order valence-corrected chi connectivity index (χ0v) is 11.5. The zero-order valence-electron chi connectivity index (χ0n) is 11.5. The Morgan fingerprint density at radius 3 is 3.05 bits per heavy atom. The normalized spacial score (nSPS) is 10.5. The fourth-order valence-corrected chi connectivity index (χ4v) is 2.03. The predicted molar refractivity (Wildman–Crippen MR) is 78.6 cm³/mol. The zero-order chi connectivity index (χ0) is 14.7. The van der Waals surface area contributed by atoms with Crippen molar-refractivity contribution in [2.75, 3.05) is 11.9 Å². The van der Waals surface area contributed by atoms with Gasteiger partial charge < -0.3 is 10.1 Å². The lowest BCUT2D eigenvalue weighted by Crippen LogP contribution is -2.13. The molecule has 0 aliphatic rings. The molecule has 0 saturated heterocycles. The molecule has 0 aliphatic heterocycles. The summed E-state index contributed by atoms with van der Waals surface area (Å²) in [6.45, 7) is 2.43. The Hall–Kier alpha value is -2.89.